The van der Waals surface area contributed by atoms with E-state index in [1.165, 1.54) is 0 Å². The zero-order valence-corrected chi connectivity index (χ0v) is 8.29. The number of hydrogen-bond acceptors (Lipinski definition) is 2. The second kappa shape index (κ2) is 4.80. The van der Waals surface area contributed by atoms with Gasteiger partial charge in [-0.3, -0.25) is 0 Å². The molecule has 0 radical (unpaired) electrons. The molecular weight excluding hydrogens is 238 g/mol. The molecule has 0 spiro atoms. The van der Waals surface area contributed by atoms with Crippen LogP contribution in [0.1, 0.15) is 13.8 Å². The number of aliphatic hydroxyl groups excluding tert-OH is 2. The maximum absolute atomic E-state index is 8.73. The summed E-state index contributed by atoms with van der Waals surface area (Å²) in [4.78, 5) is 0. The van der Waals surface area contributed by atoms with Crippen LogP contribution in [0.25, 0.3) is 0 Å². The van der Waals surface area contributed by atoms with E-state index in [1.54, 1.807) is 13.8 Å². The van der Waals surface area contributed by atoms with Crippen molar-refractivity contribution < 1.29 is 10.2 Å². The van der Waals surface area contributed by atoms with Gasteiger partial charge < -0.3 is 0 Å². The predicted molar refractivity (Wildman–Crippen MR) is 34.9 cm³/mol. The van der Waals surface area contributed by atoms with Crippen LogP contribution in [0.4, 0.5) is 0 Å². The molecule has 2 unspecified atom stereocenters. The van der Waals surface area contributed by atoms with E-state index in [4.69, 9.17) is 10.2 Å². The fourth-order valence-electron chi connectivity index (χ4n) is 0.161. The molecule has 2 nitrogen and oxygen atoms in total. The second-order valence-electron chi connectivity index (χ2n) is 1.39. The van der Waals surface area contributed by atoms with Gasteiger partial charge in [-0.15, -0.1) is 0 Å². The molecule has 2 atom stereocenters. The van der Waals surface area contributed by atoms with Crippen LogP contribution in [0.5, 0.6) is 0 Å². The first-order valence-corrected chi connectivity index (χ1v) is 8.62. The van der Waals surface area contributed by atoms with Crippen LogP contribution in [0.2, 0.25) is 0 Å². The molecule has 0 aliphatic heterocycles. The molecule has 0 saturated heterocycles. The van der Waals surface area contributed by atoms with Crippen molar-refractivity contribution in [1.29, 1.82) is 0 Å². The van der Waals surface area contributed by atoms with Gasteiger partial charge in [0.25, 0.3) is 0 Å². The average molecular weight is 248 g/mol. The van der Waals surface area contributed by atoms with E-state index in [1.807, 2.05) is 0 Å². The number of hydrogen-bond donors (Lipinski definition) is 2. The van der Waals surface area contributed by atoms with Crippen LogP contribution in [0.3, 0.4) is 0 Å². The Hall–Kier alpha value is 0.959. The molecular formula is C4H10O2Se2. The second-order valence-corrected chi connectivity index (χ2v) is 9.26. The van der Waals surface area contributed by atoms with E-state index < -0.39 is 0 Å². The van der Waals surface area contributed by atoms with Crippen molar-refractivity contribution in [2.45, 2.75) is 23.9 Å². The molecule has 0 aromatic rings. The van der Waals surface area contributed by atoms with Gasteiger partial charge in [0, 0.05) is 0 Å². The fraction of sp³-hybridized carbons (Fsp3) is 1.00. The molecule has 0 amide bonds. The molecule has 0 saturated carbocycles. The van der Waals surface area contributed by atoms with Gasteiger partial charge in [-0.1, -0.05) is 0 Å². The summed E-state index contributed by atoms with van der Waals surface area (Å²) in [5.74, 6) is 0. The molecule has 0 aromatic heterocycles. The predicted octanol–water partition coefficient (Wildman–Crippen LogP) is -1.01. The van der Waals surface area contributed by atoms with Crippen molar-refractivity contribution in [3.8, 4) is 0 Å². The van der Waals surface area contributed by atoms with Crippen LogP contribution >= 0.6 is 0 Å². The van der Waals surface area contributed by atoms with Crippen LogP contribution in [0, 0.1) is 0 Å². The van der Waals surface area contributed by atoms with Crippen LogP contribution < -0.4 is 0 Å². The molecule has 0 rings (SSSR count). The summed E-state index contributed by atoms with van der Waals surface area (Å²) in [7, 11) is 0. The first-order valence-electron chi connectivity index (χ1n) is 2.31. The maximum atomic E-state index is 8.73. The first-order chi connectivity index (χ1) is 3.63. The standard InChI is InChI=1S/C4H10O2Se2/c1-3(5)7-8-4(2)6/h3-6H,1-2H3. The van der Waals surface area contributed by atoms with E-state index in [9.17, 15) is 0 Å². The van der Waals surface area contributed by atoms with Gasteiger partial charge in [-0.2, -0.15) is 0 Å². The Morgan fingerprint density at radius 3 is 1.38 bits per heavy atom. The summed E-state index contributed by atoms with van der Waals surface area (Å²) in [6.45, 7) is 3.54. The normalized spacial score (nSPS) is 18.0. The Morgan fingerprint density at radius 2 is 1.25 bits per heavy atom. The molecule has 0 aliphatic rings. The van der Waals surface area contributed by atoms with E-state index in [0.717, 1.165) is 0 Å². The zero-order valence-electron chi connectivity index (χ0n) is 4.87. The minimum absolute atomic E-state index is 0.183. The number of rotatable bonds is 3. The Kier molecular flexibility index (Phi) is 5.38. The summed E-state index contributed by atoms with van der Waals surface area (Å²) < 4.78 is 0. The molecule has 0 heterocycles. The number of aliphatic hydroxyl groups is 2. The topological polar surface area (TPSA) is 40.5 Å². The van der Waals surface area contributed by atoms with Crippen LogP contribution in [0.15, 0.2) is 0 Å². The van der Waals surface area contributed by atoms with E-state index >= 15 is 0 Å². The molecule has 8 heavy (non-hydrogen) atoms. The van der Waals surface area contributed by atoms with Gasteiger partial charge in [0.1, 0.15) is 0 Å². The summed E-state index contributed by atoms with van der Waals surface area (Å²) in [6.07, 6.45) is 0. The average Bonchev–Trinajstić information content (AvgIpc) is 1.61. The molecule has 50 valence electrons. The van der Waals surface area contributed by atoms with Gasteiger partial charge in [0.2, 0.25) is 0 Å². The summed E-state index contributed by atoms with van der Waals surface area (Å²) in [6, 6.07) is 0. The van der Waals surface area contributed by atoms with Crippen molar-refractivity contribution in [3.63, 3.8) is 0 Å². The third-order valence-electron chi connectivity index (χ3n) is 0.334. The van der Waals surface area contributed by atoms with Gasteiger partial charge in [-0.05, 0) is 0 Å². The van der Waals surface area contributed by atoms with Gasteiger partial charge >= 0.3 is 60.3 Å². The Morgan fingerprint density at radius 1 is 1.00 bits per heavy atom. The molecule has 0 aliphatic carbocycles. The summed E-state index contributed by atoms with van der Waals surface area (Å²) in [5, 5.41) is 17.1. The molecule has 0 fully saturated rings. The third-order valence-corrected chi connectivity index (χ3v) is 9.02. The van der Waals surface area contributed by atoms with Crippen molar-refractivity contribution in [2.75, 3.05) is 0 Å². The summed E-state index contributed by atoms with van der Waals surface area (Å²) >= 11 is 0.530. The Balaban J connectivity index is 2.93. The van der Waals surface area contributed by atoms with Gasteiger partial charge in [0.15, 0.2) is 0 Å². The van der Waals surface area contributed by atoms with E-state index in [0.29, 0.717) is 0 Å². The van der Waals surface area contributed by atoms with Crippen molar-refractivity contribution in [1.82, 2.24) is 0 Å². The SMILES string of the molecule is CC(O)[Se][Se]C(C)O. The van der Waals surface area contributed by atoms with Crippen LogP contribution in [-0.2, 0) is 0 Å². The first kappa shape index (κ1) is 8.96. The van der Waals surface area contributed by atoms with Crippen molar-refractivity contribution >= 4 is 26.3 Å². The van der Waals surface area contributed by atoms with E-state index in [2.05, 4.69) is 0 Å². The zero-order chi connectivity index (χ0) is 6.57. The monoisotopic (exact) mass is 250 g/mol. The van der Waals surface area contributed by atoms with Crippen molar-refractivity contribution in [2.24, 2.45) is 0 Å². The van der Waals surface area contributed by atoms with E-state index in [-0.39, 0.29) is 36.3 Å². The van der Waals surface area contributed by atoms with Gasteiger partial charge in [-0.25, -0.2) is 0 Å². The summed E-state index contributed by atoms with van der Waals surface area (Å²) in [5.41, 5.74) is 0. The molecule has 2 N–H and O–H groups in total. The van der Waals surface area contributed by atoms with Gasteiger partial charge in [0.05, 0.1) is 0 Å². The molecule has 0 bridgehead atoms. The van der Waals surface area contributed by atoms with Crippen LogP contribution in [-0.4, -0.2) is 46.5 Å². The Labute approximate surface area is 60.5 Å². The fourth-order valence-corrected chi connectivity index (χ4v) is 4.34. The Bertz CT molecular complexity index is 48.0. The third kappa shape index (κ3) is 6.96. The molecule has 4 heteroatoms. The quantitative estimate of drug-likeness (QED) is 0.628. The molecule has 0 aromatic carbocycles. The van der Waals surface area contributed by atoms with Crippen molar-refractivity contribution in [3.05, 3.63) is 0 Å². The minimum atomic E-state index is -0.183.